The van der Waals surface area contributed by atoms with Crippen molar-refractivity contribution in [3.05, 3.63) is 193 Å². The summed E-state index contributed by atoms with van der Waals surface area (Å²) in [6.45, 7) is 0. The molecule has 10 rings (SSSR count). The zero-order chi connectivity index (χ0) is 39.7. The Balaban J connectivity index is 1.30. The number of fused-ring (bicyclic) bond motifs is 3. The predicted molar refractivity (Wildman–Crippen MR) is 232 cm³/mol. The Morgan fingerprint density at radius 2 is 0.780 bits per heavy atom. The number of nitriles is 2. The van der Waals surface area contributed by atoms with Crippen molar-refractivity contribution in [3.8, 4) is 85.9 Å². The Morgan fingerprint density at radius 1 is 0.356 bits per heavy atom. The van der Waals surface area contributed by atoms with E-state index in [2.05, 4.69) is 16.7 Å². The van der Waals surface area contributed by atoms with Crippen LogP contribution in [-0.2, 0) is 0 Å². The van der Waals surface area contributed by atoms with Gasteiger partial charge < -0.3 is 4.57 Å². The van der Waals surface area contributed by atoms with Crippen LogP contribution < -0.4 is 0 Å². The molecule has 0 spiro atoms. The van der Waals surface area contributed by atoms with Gasteiger partial charge in [0.05, 0.1) is 51.4 Å². The van der Waals surface area contributed by atoms with E-state index in [1.54, 1.807) is 0 Å². The van der Waals surface area contributed by atoms with Crippen molar-refractivity contribution in [2.24, 2.45) is 0 Å². The molecule has 3 heterocycles. The van der Waals surface area contributed by atoms with Crippen LogP contribution in [0.4, 0.5) is 0 Å². The van der Waals surface area contributed by atoms with E-state index in [1.165, 1.54) is 0 Å². The van der Waals surface area contributed by atoms with Gasteiger partial charge in [-0.3, -0.25) is 0 Å². The van der Waals surface area contributed by atoms with Crippen LogP contribution in [0, 0.1) is 22.7 Å². The molecule has 0 amide bonds. The Bertz CT molecular complexity index is 3090. The van der Waals surface area contributed by atoms with E-state index in [4.69, 9.17) is 24.9 Å². The van der Waals surface area contributed by atoms with Gasteiger partial charge in [0.2, 0.25) is 0 Å². The Morgan fingerprint density at radius 3 is 1.22 bits per heavy atom. The monoisotopic (exact) mass is 754 g/mol. The van der Waals surface area contributed by atoms with Crippen LogP contribution in [0.3, 0.4) is 0 Å². The number of hydrogen-bond acceptors (Lipinski definition) is 7. The maximum absolute atomic E-state index is 10.1. The van der Waals surface area contributed by atoms with E-state index in [-0.39, 0.29) is 0 Å². The molecule has 0 saturated heterocycles. The summed E-state index contributed by atoms with van der Waals surface area (Å²) in [5.74, 6) is 2.05. The fourth-order valence-electron chi connectivity index (χ4n) is 7.49. The Kier molecular flexibility index (Phi) is 8.76. The third-order valence-electron chi connectivity index (χ3n) is 10.3. The highest BCUT2D eigenvalue weighted by atomic mass is 15.0. The van der Waals surface area contributed by atoms with E-state index < -0.39 is 0 Å². The van der Waals surface area contributed by atoms with Crippen LogP contribution in [0.1, 0.15) is 11.1 Å². The van der Waals surface area contributed by atoms with Gasteiger partial charge in [0.25, 0.3) is 0 Å². The minimum atomic E-state index is 0.477. The molecule has 8 nitrogen and oxygen atoms in total. The molecule has 0 fully saturated rings. The number of benzene rings is 7. The van der Waals surface area contributed by atoms with Crippen molar-refractivity contribution in [1.82, 2.24) is 29.5 Å². The Hall–Kier alpha value is -8.59. The van der Waals surface area contributed by atoms with E-state index in [0.717, 1.165) is 66.7 Å². The molecule has 274 valence electrons. The summed E-state index contributed by atoms with van der Waals surface area (Å²) in [4.78, 5) is 25.6. The second kappa shape index (κ2) is 14.8. The smallest absolute Gasteiger partial charge is 0.164 e. The average Bonchev–Trinajstić information content (AvgIpc) is 3.64. The topological polar surface area (TPSA) is 117 Å². The quantitative estimate of drug-likeness (QED) is 0.159. The summed E-state index contributed by atoms with van der Waals surface area (Å²) < 4.78 is 2.10. The van der Waals surface area contributed by atoms with Crippen molar-refractivity contribution < 1.29 is 0 Å². The van der Waals surface area contributed by atoms with Crippen molar-refractivity contribution >= 4 is 21.8 Å². The van der Waals surface area contributed by atoms with Gasteiger partial charge in [-0.1, -0.05) is 133 Å². The van der Waals surface area contributed by atoms with Crippen LogP contribution in [-0.4, -0.2) is 29.5 Å². The summed E-state index contributed by atoms with van der Waals surface area (Å²) >= 11 is 0. The summed E-state index contributed by atoms with van der Waals surface area (Å²) in [6.07, 6.45) is 0. The highest BCUT2D eigenvalue weighted by molar-refractivity contribution is 6.10. The van der Waals surface area contributed by atoms with Gasteiger partial charge in [-0.25, -0.2) is 24.9 Å². The third kappa shape index (κ3) is 6.53. The van der Waals surface area contributed by atoms with E-state index in [0.29, 0.717) is 40.0 Å². The summed E-state index contributed by atoms with van der Waals surface area (Å²) in [5.41, 5.74) is 9.95. The van der Waals surface area contributed by atoms with E-state index >= 15 is 0 Å². The predicted octanol–water partition coefficient (Wildman–Crippen LogP) is 11.5. The lowest BCUT2D eigenvalue weighted by Crippen LogP contribution is -2.04. The van der Waals surface area contributed by atoms with Crippen LogP contribution in [0.15, 0.2) is 182 Å². The molecule has 0 aliphatic carbocycles. The van der Waals surface area contributed by atoms with Gasteiger partial charge >= 0.3 is 0 Å². The standard InChI is InChI=1S/C51H30N8/c52-31-33-21-24-40-41-25-22-34(32-53)28-47(41)59(46(40)27-33)45-26-23-39(50-57-48(37-17-9-3-10-18-37)56-49(58-50)38-19-11-4-12-20-38)29-42(45)51-54-43(35-13-5-1-6-14-35)30-44(55-51)36-15-7-2-8-16-36/h1-30H. The maximum atomic E-state index is 10.1. The molecular formula is C51H30N8. The first-order chi connectivity index (χ1) is 29.1. The minimum Gasteiger partial charge on any atom is -0.308 e. The fourth-order valence-corrected chi connectivity index (χ4v) is 7.49. The Labute approximate surface area is 339 Å². The zero-order valence-corrected chi connectivity index (χ0v) is 31.4. The first-order valence-corrected chi connectivity index (χ1v) is 19.0. The molecule has 0 aliphatic heterocycles. The van der Waals surface area contributed by atoms with Crippen LogP contribution in [0.2, 0.25) is 0 Å². The molecule has 0 atom stereocenters. The van der Waals surface area contributed by atoms with Crippen molar-refractivity contribution in [1.29, 1.82) is 10.5 Å². The second-order valence-corrected chi connectivity index (χ2v) is 14.0. The van der Waals surface area contributed by atoms with Gasteiger partial charge in [-0.15, -0.1) is 0 Å². The molecule has 3 aromatic heterocycles. The number of hydrogen-bond donors (Lipinski definition) is 0. The third-order valence-corrected chi connectivity index (χ3v) is 10.3. The summed E-state index contributed by atoms with van der Waals surface area (Å²) in [7, 11) is 0. The molecule has 0 N–H and O–H groups in total. The van der Waals surface area contributed by atoms with Gasteiger partial charge in [0.1, 0.15) is 0 Å². The number of aromatic nitrogens is 6. The normalized spacial score (nSPS) is 11.0. The molecule has 0 unspecified atom stereocenters. The van der Waals surface area contributed by atoms with Crippen molar-refractivity contribution in [2.45, 2.75) is 0 Å². The largest absolute Gasteiger partial charge is 0.308 e. The summed E-state index contributed by atoms with van der Waals surface area (Å²) in [5, 5.41) is 22.0. The first kappa shape index (κ1) is 34.9. The average molecular weight is 755 g/mol. The highest BCUT2D eigenvalue weighted by Crippen LogP contribution is 2.39. The van der Waals surface area contributed by atoms with E-state index in [9.17, 15) is 10.5 Å². The zero-order valence-electron chi connectivity index (χ0n) is 31.4. The molecule has 0 saturated carbocycles. The molecule has 8 heteroatoms. The van der Waals surface area contributed by atoms with Gasteiger partial charge in [-0.2, -0.15) is 10.5 Å². The first-order valence-electron chi connectivity index (χ1n) is 19.0. The highest BCUT2D eigenvalue weighted by Gasteiger charge is 2.22. The van der Waals surface area contributed by atoms with Gasteiger partial charge in [-0.05, 0) is 48.5 Å². The maximum Gasteiger partial charge on any atom is 0.164 e. The molecular weight excluding hydrogens is 725 g/mol. The molecule has 59 heavy (non-hydrogen) atoms. The van der Waals surface area contributed by atoms with Crippen molar-refractivity contribution in [2.75, 3.05) is 0 Å². The molecule has 0 bridgehead atoms. The lowest BCUT2D eigenvalue weighted by molar-refractivity contribution is 1.07. The minimum absolute atomic E-state index is 0.477. The number of nitrogens with zero attached hydrogens (tertiary/aromatic N) is 8. The number of rotatable bonds is 7. The SMILES string of the molecule is N#Cc1ccc2c3ccc(C#N)cc3n(-c3ccc(-c4nc(-c5ccccc5)nc(-c5ccccc5)n4)cc3-c3nc(-c4ccccc4)cc(-c4ccccc4)n3)c2c1. The van der Waals surface area contributed by atoms with Crippen molar-refractivity contribution in [3.63, 3.8) is 0 Å². The molecule has 10 aromatic rings. The van der Waals surface area contributed by atoms with Gasteiger partial charge in [0.15, 0.2) is 23.3 Å². The molecule has 0 aliphatic rings. The summed E-state index contributed by atoms with van der Waals surface area (Å²) in [6, 6.07) is 64.0. The van der Waals surface area contributed by atoms with E-state index in [1.807, 2.05) is 182 Å². The second-order valence-electron chi connectivity index (χ2n) is 14.0. The van der Waals surface area contributed by atoms with Crippen LogP contribution in [0.5, 0.6) is 0 Å². The van der Waals surface area contributed by atoms with Gasteiger partial charge in [0, 0.05) is 44.2 Å². The lowest BCUT2D eigenvalue weighted by atomic mass is 10.0. The fraction of sp³-hybridized carbons (Fsp3) is 0. The van der Waals surface area contributed by atoms with Crippen LogP contribution in [0.25, 0.3) is 95.6 Å². The molecule has 7 aromatic carbocycles. The molecule has 0 radical (unpaired) electrons. The van der Waals surface area contributed by atoms with Crippen LogP contribution >= 0.6 is 0 Å². The lowest BCUT2D eigenvalue weighted by Gasteiger charge is -2.17.